The van der Waals surface area contributed by atoms with E-state index < -0.39 is 42.4 Å². The fourth-order valence-corrected chi connectivity index (χ4v) is 6.41. The molecule has 270 valence electrons. The monoisotopic (exact) mass is 721 g/mol. The number of esters is 2. The number of nitrogens with zero attached hydrogens (tertiary/aromatic N) is 5. The minimum absolute atomic E-state index is 0.0807. The van der Waals surface area contributed by atoms with Crippen LogP contribution in [0.15, 0.2) is 128 Å². The summed E-state index contributed by atoms with van der Waals surface area (Å²) in [6.45, 7) is 2.39. The summed E-state index contributed by atoms with van der Waals surface area (Å²) in [5, 5.41) is 16.1. The van der Waals surface area contributed by atoms with Gasteiger partial charge in [0.1, 0.15) is 6.07 Å². The molecule has 4 aromatic carbocycles. The van der Waals surface area contributed by atoms with Crippen molar-refractivity contribution in [2.75, 3.05) is 18.4 Å². The lowest BCUT2D eigenvalue weighted by molar-refractivity contribution is -0.137. The van der Waals surface area contributed by atoms with E-state index in [2.05, 4.69) is 25.6 Å². The van der Waals surface area contributed by atoms with Crippen LogP contribution in [0.4, 0.5) is 5.82 Å². The van der Waals surface area contributed by atoms with E-state index in [0.717, 1.165) is 11.1 Å². The first-order valence-corrected chi connectivity index (χ1v) is 17.4. The van der Waals surface area contributed by atoms with Gasteiger partial charge in [-0.1, -0.05) is 97.1 Å². The highest BCUT2D eigenvalue weighted by atomic mass is 16.6. The second kappa shape index (κ2) is 16.2. The third kappa shape index (κ3) is 7.50. The zero-order chi connectivity index (χ0) is 37.4. The first-order chi connectivity index (χ1) is 26.4. The van der Waals surface area contributed by atoms with Crippen molar-refractivity contribution < 1.29 is 28.6 Å². The molecule has 6 aromatic rings. The standard InChI is InChI=1S/C41H35N7O6/c1-2-43-38(49)34-33(53-40(50)28-19-11-5-12-20-28)35(54-41(51)29-21-13-6-14-22-29)39(52-34)48-25-45-32-36(46-31(23-42)47-37(32)48)44-24-30(26-15-7-3-8-16-26)27-17-9-4-10-18-27/h3-22,25,30,33-35,39H,2,24H2,1H3,(H,43,49)(H,44,46,47). The summed E-state index contributed by atoms with van der Waals surface area (Å²) >= 11 is 0. The minimum atomic E-state index is -1.40. The van der Waals surface area contributed by atoms with Crippen molar-refractivity contribution in [1.82, 2.24) is 24.8 Å². The third-order valence-corrected chi connectivity index (χ3v) is 8.98. The second-order valence-electron chi connectivity index (χ2n) is 12.4. The highest BCUT2D eigenvalue weighted by molar-refractivity contribution is 5.91. The number of hydrogen-bond donors (Lipinski definition) is 2. The van der Waals surface area contributed by atoms with E-state index in [9.17, 15) is 19.6 Å². The van der Waals surface area contributed by atoms with Crippen molar-refractivity contribution in [3.05, 3.63) is 156 Å². The van der Waals surface area contributed by atoms with E-state index in [1.807, 2.05) is 66.7 Å². The summed E-state index contributed by atoms with van der Waals surface area (Å²) in [4.78, 5) is 54.1. The molecule has 13 heteroatoms. The number of aromatic nitrogens is 4. The molecule has 2 aromatic heterocycles. The van der Waals surface area contributed by atoms with Gasteiger partial charge in [0.05, 0.1) is 17.5 Å². The van der Waals surface area contributed by atoms with Gasteiger partial charge in [0.25, 0.3) is 5.91 Å². The molecule has 1 aliphatic heterocycles. The van der Waals surface area contributed by atoms with Gasteiger partial charge < -0.3 is 24.8 Å². The van der Waals surface area contributed by atoms with E-state index in [1.54, 1.807) is 67.6 Å². The van der Waals surface area contributed by atoms with Crippen LogP contribution in [0.5, 0.6) is 0 Å². The van der Waals surface area contributed by atoms with Gasteiger partial charge in [-0.05, 0) is 42.3 Å². The van der Waals surface area contributed by atoms with Gasteiger partial charge in [-0.25, -0.2) is 14.6 Å². The Bertz CT molecular complexity index is 2240. The molecule has 1 fully saturated rings. The highest BCUT2D eigenvalue weighted by Gasteiger charge is 2.54. The molecule has 7 rings (SSSR count). The number of anilines is 1. The number of likely N-dealkylation sites (N-methyl/N-ethyl adjacent to an activating group) is 1. The number of imidazole rings is 1. The number of amides is 1. The van der Waals surface area contributed by atoms with Crippen molar-refractivity contribution in [1.29, 1.82) is 5.26 Å². The van der Waals surface area contributed by atoms with Crippen LogP contribution in [0.1, 0.15) is 56.7 Å². The fraction of sp³-hybridized carbons (Fsp3) is 0.195. The van der Waals surface area contributed by atoms with Crippen LogP contribution in [0.2, 0.25) is 0 Å². The lowest BCUT2D eigenvalue weighted by atomic mass is 9.91. The van der Waals surface area contributed by atoms with E-state index in [4.69, 9.17) is 14.2 Å². The maximum Gasteiger partial charge on any atom is 0.338 e. The zero-order valence-electron chi connectivity index (χ0n) is 29.1. The molecule has 4 atom stereocenters. The average Bonchev–Trinajstić information content (AvgIpc) is 3.80. The van der Waals surface area contributed by atoms with Crippen molar-refractivity contribution in [3.8, 4) is 6.07 Å². The predicted octanol–water partition coefficient (Wildman–Crippen LogP) is 5.43. The lowest BCUT2D eigenvalue weighted by Gasteiger charge is -2.24. The number of carbonyl (C=O) groups is 3. The Morgan fingerprint density at radius 2 is 1.33 bits per heavy atom. The number of ether oxygens (including phenoxy) is 3. The summed E-state index contributed by atoms with van der Waals surface area (Å²) in [6, 6.07) is 38.5. The Kier molecular flexibility index (Phi) is 10.6. The number of nitriles is 1. The SMILES string of the molecule is CCNC(=O)C1OC(n2cnc3c(NCC(c4ccccc4)c4ccccc4)nc(C#N)nc32)C(OC(=O)c2ccccc2)C1OC(=O)c1ccccc1. The Morgan fingerprint density at radius 3 is 1.87 bits per heavy atom. The minimum Gasteiger partial charge on any atom is -0.451 e. The number of carbonyl (C=O) groups excluding carboxylic acids is 3. The molecule has 0 bridgehead atoms. The summed E-state index contributed by atoms with van der Waals surface area (Å²) in [5.41, 5.74) is 3.06. The van der Waals surface area contributed by atoms with Gasteiger partial charge in [0.15, 0.2) is 41.5 Å². The van der Waals surface area contributed by atoms with E-state index in [1.165, 1.54) is 10.9 Å². The third-order valence-electron chi connectivity index (χ3n) is 8.98. The van der Waals surface area contributed by atoms with Gasteiger partial charge in [-0.3, -0.25) is 9.36 Å². The highest BCUT2D eigenvalue weighted by Crippen LogP contribution is 2.37. The molecule has 13 nitrogen and oxygen atoms in total. The van der Waals surface area contributed by atoms with Crippen LogP contribution in [0.3, 0.4) is 0 Å². The Morgan fingerprint density at radius 1 is 0.796 bits per heavy atom. The van der Waals surface area contributed by atoms with Gasteiger partial charge in [-0.2, -0.15) is 15.2 Å². The van der Waals surface area contributed by atoms with Gasteiger partial charge in [0.2, 0.25) is 5.82 Å². The smallest absolute Gasteiger partial charge is 0.338 e. The number of benzene rings is 4. The maximum absolute atomic E-state index is 13.6. The zero-order valence-corrected chi connectivity index (χ0v) is 29.1. The first kappa shape index (κ1) is 35.5. The van der Waals surface area contributed by atoms with Gasteiger partial charge in [-0.15, -0.1) is 0 Å². The normalized spacial score (nSPS) is 17.8. The van der Waals surface area contributed by atoms with E-state index in [0.29, 0.717) is 12.1 Å². The van der Waals surface area contributed by atoms with Crippen molar-refractivity contribution >= 4 is 34.8 Å². The molecule has 0 radical (unpaired) electrons. The van der Waals surface area contributed by atoms with Crippen LogP contribution in [-0.4, -0.2) is 68.8 Å². The van der Waals surface area contributed by atoms with Crippen LogP contribution in [0.25, 0.3) is 11.2 Å². The molecule has 0 spiro atoms. The Balaban J connectivity index is 1.28. The molecular formula is C41H35N7O6. The van der Waals surface area contributed by atoms with E-state index in [-0.39, 0.29) is 40.9 Å². The molecule has 0 saturated carbocycles. The van der Waals surface area contributed by atoms with Crippen LogP contribution in [-0.2, 0) is 19.0 Å². The number of rotatable bonds is 12. The molecule has 1 aliphatic rings. The fourth-order valence-electron chi connectivity index (χ4n) is 6.41. The van der Waals surface area contributed by atoms with Gasteiger partial charge in [0, 0.05) is 19.0 Å². The summed E-state index contributed by atoms with van der Waals surface area (Å²) < 4.78 is 19.8. The van der Waals surface area contributed by atoms with Crippen LogP contribution >= 0.6 is 0 Å². The largest absolute Gasteiger partial charge is 0.451 e. The van der Waals surface area contributed by atoms with Crippen molar-refractivity contribution in [3.63, 3.8) is 0 Å². The lowest BCUT2D eigenvalue weighted by Crippen LogP contribution is -2.46. The summed E-state index contributed by atoms with van der Waals surface area (Å²) in [6.07, 6.45) is -4.04. The second-order valence-corrected chi connectivity index (χ2v) is 12.4. The van der Waals surface area contributed by atoms with Crippen LogP contribution in [0, 0.1) is 11.3 Å². The Labute approximate surface area is 310 Å². The first-order valence-electron chi connectivity index (χ1n) is 17.4. The summed E-state index contributed by atoms with van der Waals surface area (Å²) in [7, 11) is 0. The van der Waals surface area contributed by atoms with E-state index >= 15 is 0 Å². The van der Waals surface area contributed by atoms with Gasteiger partial charge >= 0.3 is 11.9 Å². The quantitative estimate of drug-likeness (QED) is 0.155. The predicted molar refractivity (Wildman–Crippen MR) is 197 cm³/mol. The molecule has 1 amide bonds. The topological polar surface area (TPSA) is 170 Å². The molecule has 4 unspecified atom stereocenters. The summed E-state index contributed by atoms with van der Waals surface area (Å²) in [5.74, 6) is -2.02. The number of nitrogens with one attached hydrogen (secondary N) is 2. The molecule has 0 aliphatic carbocycles. The number of fused-ring (bicyclic) bond motifs is 1. The molecule has 54 heavy (non-hydrogen) atoms. The Hall–Kier alpha value is -6.91. The molecule has 2 N–H and O–H groups in total. The molecule has 1 saturated heterocycles. The molecule has 3 heterocycles. The average molecular weight is 722 g/mol. The van der Waals surface area contributed by atoms with Crippen molar-refractivity contribution in [2.24, 2.45) is 0 Å². The number of hydrogen-bond acceptors (Lipinski definition) is 11. The maximum atomic E-state index is 13.6. The molecular weight excluding hydrogens is 686 g/mol. The van der Waals surface area contributed by atoms with Crippen molar-refractivity contribution in [2.45, 2.75) is 37.4 Å². The van der Waals surface area contributed by atoms with Crippen LogP contribution < -0.4 is 10.6 Å².